The summed E-state index contributed by atoms with van der Waals surface area (Å²) in [5, 5.41) is 81.8. The molecule has 0 amide bonds. The Morgan fingerprint density at radius 2 is 1.58 bits per heavy atom. The predicted molar refractivity (Wildman–Crippen MR) is 239 cm³/mol. The molecule has 0 saturated carbocycles. The molecule has 64 heavy (non-hydrogen) atoms. The molecule has 0 aromatic rings. The van der Waals surface area contributed by atoms with Crippen LogP contribution in [0.3, 0.4) is 0 Å². The Labute approximate surface area is 382 Å². The van der Waals surface area contributed by atoms with Crippen molar-refractivity contribution in [3.63, 3.8) is 0 Å². The molecule has 370 valence electrons. The second-order valence-corrected chi connectivity index (χ2v) is 21.4. The zero-order valence-corrected chi connectivity index (χ0v) is 40.4. The molecule has 5 aliphatic heterocycles. The third-order valence-electron chi connectivity index (χ3n) is 15.0. The van der Waals surface area contributed by atoms with Crippen LogP contribution in [-0.2, 0) is 33.2 Å². The molecule has 15 nitrogen and oxygen atoms in total. The number of esters is 1. The van der Waals surface area contributed by atoms with Crippen LogP contribution in [0.4, 0.5) is 0 Å². The van der Waals surface area contributed by atoms with Crippen molar-refractivity contribution < 1.29 is 69.0 Å². The number of ether oxygens (including phenoxy) is 6. The molecule has 7 N–H and O–H groups in total. The molecule has 18 atom stereocenters. The Kier molecular flexibility index (Phi) is 18.2. The molecule has 0 aliphatic carbocycles. The van der Waals surface area contributed by atoms with Gasteiger partial charge in [-0.15, -0.1) is 0 Å². The molecule has 0 aromatic carbocycles. The van der Waals surface area contributed by atoms with Gasteiger partial charge < -0.3 is 69.1 Å². The van der Waals surface area contributed by atoms with Crippen LogP contribution >= 0.6 is 0 Å². The maximum absolute atomic E-state index is 13.8. The molecule has 5 aliphatic rings. The molecule has 1 spiro atoms. The summed E-state index contributed by atoms with van der Waals surface area (Å²) < 4.78 is 38.7. The Hall–Kier alpha value is -1.57. The number of likely N-dealkylation sites (N-methyl/N-ethyl adjacent to an activating group) is 1. The molecule has 5 heterocycles. The molecular formula is C49H85NO14. The number of carbonyl (C=O) groups excluding carboxylic acids is 1. The standard InChI is InChI=1S/C49H85NO14/c1-11-34(51)26-35-19-17-24-48(62-35)28-37-30(2)38(63-48)29-49(58)33(27-45(5,6)64-49)18-15-13-12-14-16-23-46(7,56)44(55)42(61-40-21-20-36(50(9)10)32(4)59-40)41(53)31(3)43(54)47(8,57)25-22-39(52)60-37/h15,18,22,25,30-38,40-44,51,53-58H,11-14,16-17,19-21,23-24,26-29H2,1-10H3/b18-15-,25-22-. The molecule has 0 aromatic heterocycles. The van der Waals surface area contributed by atoms with Crippen LogP contribution < -0.4 is 0 Å². The molecule has 4 fully saturated rings. The Bertz CT molecular complexity index is 1550. The van der Waals surface area contributed by atoms with Crippen LogP contribution in [0.25, 0.3) is 0 Å². The van der Waals surface area contributed by atoms with Gasteiger partial charge >= 0.3 is 5.97 Å². The lowest BCUT2D eigenvalue weighted by atomic mass is 9.79. The van der Waals surface area contributed by atoms with Gasteiger partial charge in [0.1, 0.15) is 23.9 Å². The van der Waals surface area contributed by atoms with Crippen molar-refractivity contribution in [1.82, 2.24) is 4.90 Å². The van der Waals surface area contributed by atoms with E-state index >= 15 is 0 Å². The minimum atomic E-state index is -2.08. The molecule has 5 rings (SSSR count). The van der Waals surface area contributed by atoms with Gasteiger partial charge in [0.15, 0.2) is 17.9 Å². The van der Waals surface area contributed by atoms with Crippen LogP contribution in [0, 0.1) is 17.8 Å². The fourth-order valence-corrected chi connectivity index (χ4v) is 10.9. The summed E-state index contributed by atoms with van der Waals surface area (Å²) in [6.45, 7) is 14.0. The molecule has 2 bridgehead atoms. The first-order valence-electron chi connectivity index (χ1n) is 24.3. The smallest absolute Gasteiger partial charge is 0.330 e. The first kappa shape index (κ1) is 53.4. The summed E-state index contributed by atoms with van der Waals surface area (Å²) in [4.78, 5) is 15.8. The van der Waals surface area contributed by atoms with E-state index in [1.165, 1.54) is 20.8 Å². The minimum Gasteiger partial charge on any atom is -0.459 e. The topological polar surface area (TPSA) is 217 Å². The third kappa shape index (κ3) is 13.4. The summed E-state index contributed by atoms with van der Waals surface area (Å²) in [7, 11) is 3.94. The zero-order chi connectivity index (χ0) is 47.4. The highest BCUT2D eigenvalue weighted by molar-refractivity contribution is 5.82. The number of hydrogen-bond acceptors (Lipinski definition) is 15. The largest absolute Gasteiger partial charge is 0.459 e. The lowest BCUT2D eigenvalue weighted by Crippen LogP contribution is -2.58. The van der Waals surface area contributed by atoms with Gasteiger partial charge in [-0.25, -0.2) is 4.79 Å². The van der Waals surface area contributed by atoms with Crippen molar-refractivity contribution in [2.75, 3.05) is 14.1 Å². The highest BCUT2D eigenvalue weighted by Gasteiger charge is 2.56. The van der Waals surface area contributed by atoms with Crippen molar-refractivity contribution >= 4 is 5.97 Å². The number of fused-ring (bicyclic) bond motifs is 3. The summed E-state index contributed by atoms with van der Waals surface area (Å²) >= 11 is 0. The van der Waals surface area contributed by atoms with Gasteiger partial charge in [-0.05, 0) is 119 Å². The molecule has 18 unspecified atom stereocenters. The number of aliphatic hydroxyl groups is 7. The quantitative estimate of drug-likeness (QED) is 0.141. The van der Waals surface area contributed by atoms with E-state index in [0.29, 0.717) is 44.9 Å². The summed E-state index contributed by atoms with van der Waals surface area (Å²) in [6, 6.07) is 0.128. The highest BCUT2D eigenvalue weighted by Crippen LogP contribution is 2.49. The summed E-state index contributed by atoms with van der Waals surface area (Å²) in [5.41, 5.74) is -4.43. The normalized spacial score (nSPS) is 47.3. The van der Waals surface area contributed by atoms with E-state index in [-0.39, 0.29) is 43.4 Å². The summed E-state index contributed by atoms with van der Waals surface area (Å²) in [6.07, 6.45) is 4.66. The average Bonchev–Trinajstić information content (AvgIpc) is 3.45. The average molecular weight is 912 g/mol. The highest BCUT2D eigenvalue weighted by atomic mass is 16.7. The number of hydrogen-bond donors (Lipinski definition) is 7. The fraction of sp³-hybridized carbons (Fsp3) is 0.898. The Balaban J connectivity index is 1.45. The van der Waals surface area contributed by atoms with Crippen LogP contribution in [-0.4, -0.2) is 156 Å². The first-order chi connectivity index (χ1) is 29.8. The fourth-order valence-electron chi connectivity index (χ4n) is 10.9. The monoisotopic (exact) mass is 912 g/mol. The van der Waals surface area contributed by atoms with Crippen molar-refractivity contribution in [2.45, 2.75) is 247 Å². The molecule has 4 saturated heterocycles. The van der Waals surface area contributed by atoms with Crippen molar-refractivity contribution in [3.05, 3.63) is 24.3 Å². The number of nitrogens with zero attached hydrogens (tertiary/aromatic N) is 1. The van der Waals surface area contributed by atoms with E-state index < -0.39 is 95.2 Å². The van der Waals surface area contributed by atoms with Crippen LogP contribution in [0.1, 0.15) is 152 Å². The van der Waals surface area contributed by atoms with Crippen LogP contribution in [0.5, 0.6) is 0 Å². The van der Waals surface area contributed by atoms with Crippen LogP contribution in [0.15, 0.2) is 24.3 Å². The van der Waals surface area contributed by atoms with Crippen molar-refractivity contribution in [2.24, 2.45) is 17.8 Å². The van der Waals surface area contributed by atoms with Gasteiger partial charge in [-0.1, -0.05) is 45.8 Å². The lowest BCUT2D eigenvalue weighted by Gasteiger charge is -2.51. The summed E-state index contributed by atoms with van der Waals surface area (Å²) in [5.74, 6) is -5.49. The van der Waals surface area contributed by atoms with Crippen molar-refractivity contribution in [1.29, 1.82) is 0 Å². The van der Waals surface area contributed by atoms with E-state index in [2.05, 4.69) is 11.0 Å². The number of aliphatic hydroxyl groups excluding tert-OH is 4. The Morgan fingerprint density at radius 3 is 2.25 bits per heavy atom. The van der Waals surface area contributed by atoms with Gasteiger partial charge in [0.2, 0.25) is 0 Å². The maximum Gasteiger partial charge on any atom is 0.330 e. The minimum absolute atomic E-state index is 0.0790. The van der Waals surface area contributed by atoms with Gasteiger partial charge in [0.25, 0.3) is 0 Å². The molecule has 0 radical (unpaired) electrons. The first-order valence-corrected chi connectivity index (χ1v) is 24.3. The van der Waals surface area contributed by atoms with Gasteiger partial charge in [-0.3, -0.25) is 0 Å². The Morgan fingerprint density at radius 1 is 0.859 bits per heavy atom. The van der Waals surface area contributed by atoms with E-state index in [9.17, 15) is 40.5 Å². The van der Waals surface area contributed by atoms with Gasteiger partial charge in [0.05, 0.1) is 47.8 Å². The maximum atomic E-state index is 13.8. The predicted octanol–water partition coefficient (Wildman–Crippen LogP) is 4.78. The van der Waals surface area contributed by atoms with Crippen molar-refractivity contribution in [3.8, 4) is 0 Å². The van der Waals surface area contributed by atoms with Crippen LogP contribution in [0.2, 0.25) is 0 Å². The second-order valence-electron chi connectivity index (χ2n) is 21.4. The van der Waals surface area contributed by atoms with E-state index in [0.717, 1.165) is 44.3 Å². The molecular weight excluding hydrogens is 827 g/mol. The van der Waals surface area contributed by atoms with Gasteiger partial charge in [0, 0.05) is 49.1 Å². The second kappa shape index (κ2) is 21.8. The van der Waals surface area contributed by atoms with E-state index in [4.69, 9.17) is 28.4 Å². The van der Waals surface area contributed by atoms with Gasteiger partial charge in [-0.2, -0.15) is 0 Å². The number of carbonyl (C=O) groups is 1. The van der Waals surface area contributed by atoms with E-state index in [1.807, 2.05) is 54.8 Å². The number of rotatable bonds is 6. The SMILES string of the molecule is CCC(O)CC1CCCC2(CC3OC(=O)/C=C\C(C)(O)C(O)C(C)C(O)C(OC4CCC(N(C)C)C(C)O4)C(O)C(C)(O)CCCCC/C=C\C4CC(C)(C)OC4(O)CC(O2)C3C)O1. The lowest BCUT2D eigenvalue weighted by molar-refractivity contribution is -0.352. The number of allylic oxidation sites excluding steroid dienone is 1. The zero-order valence-electron chi connectivity index (χ0n) is 40.4. The van der Waals surface area contributed by atoms with E-state index in [1.54, 1.807) is 0 Å². The third-order valence-corrected chi connectivity index (χ3v) is 15.0. The molecule has 15 heteroatoms.